The molecule has 1 aliphatic carbocycles. The van der Waals surface area contributed by atoms with Crippen LogP contribution in [0.25, 0.3) is 0 Å². The van der Waals surface area contributed by atoms with E-state index < -0.39 is 0 Å². The Bertz CT molecular complexity index is 598. The Balaban J connectivity index is 1.39. The summed E-state index contributed by atoms with van der Waals surface area (Å²) < 4.78 is 1.21. The molecule has 102 valence electrons. The maximum Gasteiger partial charge on any atom is 0.0233 e. The van der Waals surface area contributed by atoms with Gasteiger partial charge in [-0.1, -0.05) is 58.4 Å². The first-order valence-corrected chi connectivity index (χ1v) is 8.12. The fourth-order valence-electron chi connectivity index (χ4n) is 3.79. The van der Waals surface area contributed by atoms with Gasteiger partial charge in [0.15, 0.2) is 0 Å². The van der Waals surface area contributed by atoms with Gasteiger partial charge in [-0.25, -0.2) is 0 Å². The Morgan fingerprint density at radius 3 is 2.40 bits per heavy atom. The van der Waals surface area contributed by atoms with Gasteiger partial charge in [-0.05, 0) is 41.0 Å². The summed E-state index contributed by atoms with van der Waals surface area (Å²) in [6.07, 6.45) is 0. The molecule has 2 fully saturated rings. The second kappa shape index (κ2) is 5.01. The molecule has 1 unspecified atom stereocenters. The number of rotatable bonds is 3. The van der Waals surface area contributed by atoms with E-state index in [1.807, 2.05) is 0 Å². The molecule has 0 bridgehead atoms. The van der Waals surface area contributed by atoms with Gasteiger partial charge in [-0.3, -0.25) is 4.90 Å². The second-order valence-corrected chi connectivity index (χ2v) is 7.00. The molecule has 3 atom stereocenters. The summed E-state index contributed by atoms with van der Waals surface area (Å²) in [6, 6.07) is 19.7. The smallest absolute Gasteiger partial charge is 0.0233 e. The number of likely N-dealkylation sites (tertiary alicyclic amines) is 1. The Hall–Kier alpha value is -1.12. The highest BCUT2D eigenvalue weighted by atomic mass is 79.9. The molecule has 1 saturated heterocycles. The standard InChI is InChI=1S/C18H18BrN/c19-15-8-4-7-14(9-15)18-16-11-20(12-17(16)18)10-13-5-2-1-3-6-13/h1-9,16-18H,10-12H2/t16-,17+,18?. The van der Waals surface area contributed by atoms with Gasteiger partial charge < -0.3 is 0 Å². The number of halogens is 1. The predicted octanol–water partition coefficient (Wildman–Crippen LogP) is 4.29. The highest BCUT2D eigenvalue weighted by Crippen LogP contribution is 2.58. The van der Waals surface area contributed by atoms with Crippen LogP contribution in [0.3, 0.4) is 0 Å². The first-order chi connectivity index (χ1) is 9.81. The lowest BCUT2D eigenvalue weighted by Crippen LogP contribution is -2.23. The maximum atomic E-state index is 3.58. The number of fused-ring (bicyclic) bond motifs is 1. The monoisotopic (exact) mass is 327 g/mol. The second-order valence-electron chi connectivity index (χ2n) is 6.09. The van der Waals surface area contributed by atoms with Crippen molar-refractivity contribution in [3.63, 3.8) is 0 Å². The van der Waals surface area contributed by atoms with Crippen LogP contribution in [0.1, 0.15) is 17.0 Å². The van der Waals surface area contributed by atoms with Gasteiger partial charge in [-0.15, -0.1) is 0 Å². The lowest BCUT2D eigenvalue weighted by atomic mass is 10.1. The molecule has 0 radical (unpaired) electrons. The maximum absolute atomic E-state index is 3.58. The van der Waals surface area contributed by atoms with Gasteiger partial charge >= 0.3 is 0 Å². The molecule has 1 aliphatic heterocycles. The van der Waals surface area contributed by atoms with E-state index in [-0.39, 0.29) is 0 Å². The third kappa shape index (κ3) is 2.32. The normalized spacial score (nSPS) is 28.4. The molecule has 2 aliphatic rings. The van der Waals surface area contributed by atoms with Gasteiger partial charge in [0, 0.05) is 24.1 Å². The van der Waals surface area contributed by atoms with Crippen LogP contribution in [-0.4, -0.2) is 18.0 Å². The molecule has 2 heteroatoms. The topological polar surface area (TPSA) is 3.24 Å². The first-order valence-electron chi connectivity index (χ1n) is 7.33. The Morgan fingerprint density at radius 2 is 1.70 bits per heavy atom. The molecule has 1 heterocycles. The molecule has 0 amide bonds. The summed E-state index contributed by atoms with van der Waals surface area (Å²) in [4.78, 5) is 2.61. The zero-order chi connectivity index (χ0) is 13.5. The van der Waals surface area contributed by atoms with E-state index in [0.717, 1.165) is 24.3 Å². The molecule has 2 aromatic carbocycles. The van der Waals surface area contributed by atoms with Crippen molar-refractivity contribution in [2.24, 2.45) is 11.8 Å². The average Bonchev–Trinajstić information content (AvgIpc) is 2.97. The lowest BCUT2D eigenvalue weighted by molar-refractivity contribution is 0.290. The molecule has 4 rings (SSSR count). The van der Waals surface area contributed by atoms with E-state index in [2.05, 4.69) is 75.4 Å². The van der Waals surface area contributed by atoms with Crippen LogP contribution in [0.5, 0.6) is 0 Å². The van der Waals surface area contributed by atoms with Gasteiger partial charge in [0.2, 0.25) is 0 Å². The molecule has 0 aromatic heterocycles. The average molecular weight is 328 g/mol. The van der Waals surface area contributed by atoms with E-state index in [0.29, 0.717) is 0 Å². The highest BCUT2D eigenvalue weighted by Gasteiger charge is 2.55. The fourth-order valence-corrected chi connectivity index (χ4v) is 4.21. The van der Waals surface area contributed by atoms with Crippen LogP contribution in [-0.2, 0) is 6.54 Å². The number of nitrogens with zero attached hydrogens (tertiary/aromatic N) is 1. The molecule has 0 N–H and O–H groups in total. The molecule has 1 saturated carbocycles. The highest BCUT2D eigenvalue weighted by molar-refractivity contribution is 9.10. The van der Waals surface area contributed by atoms with Gasteiger partial charge in [-0.2, -0.15) is 0 Å². The van der Waals surface area contributed by atoms with Crippen molar-refractivity contribution in [3.05, 3.63) is 70.2 Å². The van der Waals surface area contributed by atoms with Crippen molar-refractivity contribution in [1.82, 2.24) is 4.90 Å². The minimum atomic E-state index is 0.805. The molecule has 20 heavy (non-hydrogen) atoms. The molecule has 1 nitrogen and oxygen atoms in total. The van der Waals surface area contributed by atoms with E-state index in [1.165, 1.54) is 28.7 Å². The van der Waals surface area contributed by atoms with Crippen molar-refractivity contribution < 1.29 is 0 Å². The van der Waals surface area contributed by atoms with Crippen molar-refractivity contribution in [2.75, 3.05) is 13.1 Å². The summed E-state index contributed by atoms with van der Waals surface area (Å²) in [5, 5.41) is 0. The fraction of sp³-hybridized carbons (Fsp3) is 0.333. The Labute approximate surface area is 128 Å². The minimum absolute atomic E-state index is 0.805. The van der Waals surface area contributed by atoms with Crippen LogP contribution in [0.2, 0.25) is 0 Å². The Kier molecular flexibility index (Phi) is 3.16. The van der Waals surface area contributed by atoms with E-state index in [4.69, 9.17) is 0 Å². The van der Waals surface area contributed by atoms with Gasteiger partial charge in [0.1, 0.15) is 0 Å². The van der Waals surface area contributed by atoms with Crippen LogP contribution in [0.4, 0.5) is 0 Å². The predicted molar refractivity (Wildman–Crippen MR) is 85.6 cm³/mol. The van der Waals surface area contributed by atoms with Gasteiger partial charge in [0.05, 0.1) is 0 Å². The number of benzene rings is 2. The SMILES string of the molecule is Brc1cccc(C2[C@H]3CN(Cc4ccccc4)C[C@@H]23)c1. The number of hydrogen-bond acceptors (Lipinski definition) is 1. The minimum Gasteiger partial charge on any atom is -0.298 e. The molecular weight excluding hydrogens is 310 g/mol. The van der Waals surface area contributed by atoms with Crippen LogP contribution < -0.4 is 0 Å². The zero-order valence-electron chi connectivity index (χ0n) is 11.4. The van der Waals surface area contributed by atoms with Crippen molar-refractivity contribution in [1.29, 1.82) is 0 Å². The summed E-state index contributed by atoms with van der Waals surface area (Å²) in [5.74, 6) is 2.57. The quantitative estimate of drug-likeness (QED) is 0.812. The van der Waals surface area contributed by atoms with Crippen LogP contribution in [0.15, 0.2) is 59.1 Å². The van der Waals surface area contributed by atoms with Crippen LogP contribution in [0, 0.1) is 11.8 Å². The van der Waals surface area contributed by atoms with Crippen LogP contribution >= 0.6 is 15.9 Å². The summed E-state index contributed by atoms with van der Waals surface area (Å²) in [7, 11) is 0. The Morgan fingerprint density at radius 1 is 0.950 bits per heavy atom. The number of piperidine rings is 1. The largest absolute Gasteiger partial charge is 0.298 e. The third-order valence-corrected chi connectivity index (χ3v) is 5.25. The molecule has 0 spiro atoms. The third-order valence-electron chi connectivity index (χ3n) is 4.75. The first kappa shape index (κ1) is 12.6. The van der Waals surface area contributed by atoms with Crippen molar-refractivity contribution in [3.8, 4) is 0 Å². The molecular formula is C18H18BrN. The van der Waals surface area contributed by atoms with E-state index in [9.17, 15) is 0 Å². The van der Waals surface area contributed by atoms with Gasteiger partial charge in [0.25, 0.3) is 0 Å². The lowest BCUT2D eigenvalue weighted by Gasteiger charge is -2.19. The number of hydrogen-bond donors (Lipinski definition) is 0. The van der Waals surface area contributed by atoms with E-state index >= 15 is 0 Å². The van der Waals surface area contributed by atoms with Crippen molar-refractivity contribution >= 4 is 15.9 Å². The van der Waals surface area contributed by atoms with E-state index in [1.54, 1.807) is 0 Å². The zero-order valence-corrected chi connectivity index (χ0v) is 13.0. The summed E-state index contributed by atoms with van der Waals surface area (Å²) >= 11 is 3.58. The molecule has 2 aromatic rings. The van der Waals surface area contributed by atoms with Crippen molar-refractivity contribution in [2.45, 2.75) is 12.5 Å². The summed E-state index contributed by atoms with van der Waals surface area (Å²) in [6.45, 7) is 3.63. The summed E-state index contributed by atoms with van der Waals surface area (Å²) in [5.41, 5.74) is 2.96.